The van der Waals surface area contributed by atoms with Gasteiger partial charge in [0.15, 0.2) is 5.78 Å². The minimum atomic E-state index is 0.335. The summed E-state index contributed by atoms with van der Waals surface area (Å²) in [7, 11) is 4.27. The fourth-order valence-electron chi connectivity index (χ4n) is 2.97. The Balaban J connectivity index is 1.71. The third-order valence-corrected chi connectivity index (χ3v) is 3.97. The van der Waals surface area contributed by atoms with Crippen LogP contribution in [-0.2, 0) is 11.2 Å². The van der Waals surface area contributed by atoms with Gasteiger partial charge in [0.05, 0.1) is 6.54 Å². The zero-order valence-electron chi connectivity index (χ0n) is 12.7. The van der Waals surface area contributed by atoms with Crippen molar-refractivity contribution in [2.24, 2.45) is 5.92 Å². The summed E-state index contributed by atoms with van der Waals surface area (Å²) in [5.41, 5.74) is 1.12. The summed E-state index contributed by atoms with van der Waals surface area (Å²) in [6.45, 7) is 3.92. The van der Waals surface area contributed by atoms with Gasteiger partial charge in [0, 0.05) is 13.0 Å². The maximum absolute atomic E-state index is 12.1. The number of hydrogen-bond donors (Lipinski definition) is 0. The zero-order chi connectivity index (χ0) is 14.4. The highest BCUT2D eigenvalue weighted by Crippen LogP contribution is 2.17. The normalized spacial score (nSPS) is 17.6. The minimum absolute atomic E-state index is 0.335. The molecule has 1 aliphatic heterocycles. The van der Waals surface area contributed by atoms with Crippen LogP contribution in [0.4, 0.5) is 0 Å². The van der Waals surface area contributed by atoms with E-state index in [2.05, 4.69) is 23.9 Å². The van der Waals surface area contributed by atoms with Gasteiger partial charge in [-0.25, -0.2) is 0 Å². The van der Waals surface area contributed by atoms with Crippen LogP contribution in [0.3, 0.4) is 0 Å². The summed E-state index contributed by atoms with van der Waals surface area (Å²) < 4.78 is 0. The molecule has 0 radical (unpaired) electrons. The van der Waals surface area contributed by atoms with E-state index >= 15 is 0 Å². The molecule has 110 valence electrons. The van der Waals surface area contributed by atoms with Crippen molar-refractivity contribution in [2.45, 2.75) is 19.3 Å². The Morgan fingerprint density at radius 1 is 1.20 bits per heavy atom. The van der Waals surface area contributed by atoms with Crippen LogP contribution in [0, 0.1) is 5.92 Å². The Labute approximate surface area is 122 Å². The van der Waals surface area contributed by atoms with E-state index in [0.717, 1.165) is 24.6 Å². The second-order valence-electron chi connectivity index (χ2n) is 6.18. The predicted octanol–water partition coefficient (Wildman–Crippen LogP) is 2.07. The van der Waals surface area contributed by atoms with Crippen molar-refractivity contribution >= 4 is 5.78 Å². The van der Waals surface area contributed by atoms with Crippen molar-refractivity contribution in [3.05, 3.63) is 35.9 Å². The smallest absolute Gasteiger partial charge is 0.151 e. The topological polar surface area (TPSA) is 23.6 Å². The average Bonchev–Trinajstić information content (AvgIpc) is 2.41. The highest BCUT2D eigenvalue weighted by Gasteiger charge is 2.21. The van der Waals surface area contributed by atoms with Gasteiger partial charge in [0.1, 0.15) is 0 Å². The molecule has 0 spiro atoms. The van der Waals surface area contributed by atoms with Gasteiger partial charge in [-0.15, -0.1) is 0 Å². The van der Waals surface area contributed by atoms with E-state index in [1.54, 1.807) is 0 Å². The SMILES string of the molecule is CN(C)CC1CCN(CC(=O)Cc2ccccc2)CC1. The number of Topliss-reactive ketones (excluding diaryl/α,β-unsaturated/α-hetero) is 1. The first kappa shape index (κ1) is 15.2. The maximum Gasteiger partial charge on any atom is 0.151 e. The molecular weight excluding hydrogens is 248 g/mol. The van der Waals surface area contributed by atoms with E-state index in [1.807, 2.05) is 30.3 Å². The number of carbonyl (C=O) groups is 1. The third-order valence-electron chi connectivity index (χ3n) is 3.97. The highest BCUT2D eigenvalue weighted by atomic mass is 16.1. The largest absolute Gasteiger partial charge is 0.309 e. The molecular formula is C17H26N2O. The Hall–Kier alpha value is -1.19. The molecule has 0 unspecified atom stereocenters. The summed E-state index contributed by atoms with van der Waals surface area (Å²) in [6, 6.07) is 10.0. The minimum Gasteiger partial charge on any atom is -0.309 e. The first-order chi connectivity index (χ1) is 9.63. The first-order valence-corrected chi connectivity index (χ1v) is 7.56. The van der Waals surface area contributed by atoms with Gasteiger partial charge in [-0.05, 0) is 51.5 Å². The van der Waals surface area contributed by atoms with Crippen molar-refractivity contribution in [1.29, 1.82) is 0 Å². The van der Waals surface area contributed by atoms with E-state index in [9.17, 15) is 4.79 Å². The molecule has 0 aliphatic carbocycles. The molecule has 0 bridgehead atoms. The third kappa shape index (κ3) is 5.06. The van der Waals surface area contributed by atoms with E-state index in [0.29, 0.717) is 18.7 Å². The van der Waals surface area contributed by atoms with Gasteiger partial charge in [-0.2, -0.15) is 0 Å². The molecule has 3 heteroatoms. The maximum atomic E-state index is 12.1. The molecule has 2 rings (SSSR count). The van der Waals surface area contributed by atoms with Crippen LogP contribution in [-0.4, -0.2) is 55.9 Å². The zero-order valence-corrected chi connectivity index (χ0v) is 12.7. The predicted molar refractivity (Wildman–Crippen MR) is 82.9 cm³/mol. The van der Waals surface area contributed by atoms with E-state index in [-0.39, 0.29) is 0 Å². The molecule has 0 N–H and O–H groups in total. The molecule has 1 fully saturated rings. The number of piperidine rings is 1. The second-order valence-corrected chi connectivity index (χ2v) is 6.18. The van der Waals surface area contributed by atoms with Crippen molar-refractivity contribution in [2.75, 3.05) is 40.3 Å². The van der Waals surface area contributed by atoms with Crippen LogP contribution in [0.5, 0.6) is 0 Å². The number of ketones is 1. The van der Waals surface area contributed by atoms with Crippen LogP contribution >= 0.6 is 0 Å². The lowest BCUT2D eigenvalue weighted by atomic mass is 9.96. The highest BCUT2D eigenvalue weighted by molar-refractivity contribution is 5.82. The van der Waals surface area contributed by atoms with E-state index in [4.69, 9.17) is 0 Å². The second kappa shape index (κ2) is 7.55. The fourth-order valence-corrected chi connectivity index (χ4v) is 2.97. The lowest BCUT2D eigenvalue weighted by molar-refractivity contribution is -0.119. The molecule has 0 amide bonds. The Morgan fingerprint density at radius 3 is 2.45 bits per heavy atom. The van der Waals surface area contributed by atoms with Crippen molar-refractivity contribution in [3.8, 4) is 0 Å². The standard InChI is InChI=1S/C17H26N2O/c1-18(2)13-16-8-10-19(11-9-16)14-17(20)12-15-6-4-3-5-7-15/h3-7,16H,8-14H2,1-2H3. The number of carbonyl (C=O) groups excluding carboxylic acids is 1. The van der Waals surface area contributed by atoms with Gasteiger partial charge in [0.25, 0.3) is 0 Å². The van der Waals surface area contributed by atoms with Gasteiger partial charge in [-0.3, -0.25) is 9.69 Å². The van der Waals surface area contributed by atoms with Gasteiger partial charge in [0.2, 0.25) is 0 Å². The van der Waals surface area contributed by atoms with Crippen molar-refractivity contribution in [3.63, 3.8) is 0 Å². The van der Waals surface area contributed by atoms with Gasteiger partial charge < -0.3 is 4.90 Å². The lowest BCUT2D eigenvalue weighted by Crippen LogP contribution is -2.40. The quantitative estimate of drug-likeness (QED) is 0.793. The first-order valence-electron chi connectivity index (χ1n) is 7.56. The summed E-state index contributed by atoms with van der Waals surface area (Å²) in [5, 5.41) is 0. The lowest BCUT2D eigenvalue weighted by Gasteiger charge is -2.32. The molecule has 1 aromatic rings. The molecule has 1 aliphatic rings. The van der Waals surface area contributed by atoms with E-state index in [1.165, 1.54) is 19.4 Å². The summed E-state index contributed by atoms with van der Waals surface area (Å²) in [5.74, 6) is 1.13. The van der Waals surface area contributed by atoms with E-state index < -0.39 is 0 Å². The Kier molecular flexibility index (Phi) is 5.74. The molecule has 0 saturated carbocycles. The number of benzene rings is 1. The molecule has 20 heavy (non-hydrogen) atoms. The molecule has 3 nitrogen and oxygen atoms in total. The Morgan fingerprint density at radius 2 is 1.85 bits per heavy atom. The molecule has 1 heterocycles. The monoisotopic (exact) mass is 274 g/mol. The van der Waals surface area contributed by atoms with Crippen LogP contribution < -0.4 is 0 Å². The van der Waals surface area contributed by atoms with Crippen LogP contribution in [0.1, 0.15) is 18.4 Å². The molecule has 0 aromatic heterocycles. The summed E-state index contributed by atoms with van der Waals surface area (Å²) >= 11 is 0. The van der Waals surface area contributed by atoms with Gasteiger partial charge in [-0.1, -0.05) is 30.3 Å². The van der Waals surface area contributed by atoms with Gasteiger partial charge >= 0.3 is 0 Å². The van der Waals surface area contributed by atoms with Crippen molar-refractivity contribution < 1.29 is 4.79 Å². The number of nitrogens with zero attached hydrogens (tertiary/aromatic N) is 2. The molecule has 1 saturated heterocycles. The fraction of sp³-hybridized carbons (Fsp3) is 0.588. The van der Waals surface area contributed by atoms with Crippen LogP contribution in [0.2, 0.25) is 0 Å². The number of likely N-dealkylation sites (tertiary alicyclic amines) is 1. The molecule has 1 aromatic carbocycles. The summed E-state index contributed by atoms with van der Waals surface area (Å²) in [4.78, 5) is 16.7. The molecule has 0 atom stereocenters. The summed E-state index contributed by atoms with van der Waals surface area (Å²) in [6.07, 6.45) is 3.01. The van der Waals surface area contributed by atoms with Crippen molar-refractivity contribution in [1.82, 2.24) is 9.80 Å². The number of hydrogen-bond acceptors (Lipinski definition) is 3. The average molecular weight is 274 g/mol. The van der Waals surface area contributed by atoms with Crippen LogP contribution in [0.25, 0.3) is 0 Å². The number of rotatable bonds is 6. The Bertz CT molecular complexity index is 408. The van der Waals surface area contributed by atoms with Crippen LogP contribution in [0.15, 0.2) is 30.3 Å².